The molecule has 5 nitrogen and oxygen atoms in total. The molecule has 2 N–H and O–H groups in total. The van der Waals surface area contributed by atoms with Crippen LogP contribution in [0.5, 0.6) is 0 Å². The maximum atomic E-state index is 6.03. The van der Waals surface area contributed by atoms with Crippen molar-refractivity contribution in [3.8, 4) is 0 Å². The Morgan fingerprint density at radius 3 is 2.32 bits per heavy atom. The van der Waals surface area contributed by atoms with Crippen molar-refractivity contribution in [2.24, 2.45) is 10.9 Å². The lowest BCUT2D eigenvalue weighted by Gasteiger charge is -2.34. The molecule has 0 saturated carbocycles. The molecule has 1 aliphatic heterocycles. The first-order chi connectivity index (χ1) is 12.9. The largest absolute Gasteiger partial charge is 0.354 e. The van der Waals surface area contributed by atoms with Crippen molar-refractivity contribution < 1.29 is 0 Å². The molecule has 0 radical (unpaired) electrons. The van der Waals surface area contributed by atoms with Gasteiger partial charge in [-0.05, 0) is 50.6 Å². The van der Waals surface area contributed by atoms with E-state index in [1.54, 1.807) is 0 Å². The third kappa shape index (κ3) is 8.43. The molecule has 1 heterocycles. The lowest BCUT2D eigenvalue weighted by Crippen LogP contribution is -2.50. The molecule has 1 fully saturated rings. The average Bonchev–Trinajstić information content (AvgIpc) is 2.63. The predicted octanol–water partition coefficient (Wildman–Crippen LogP) is 3.85. The summed E-state index contributed by atoms with van der Waals surface area (Å²) >= 11 is 6.03. The van der Waals surface area contributed by atoms with E-state index in [0.29, 0.717) is 6.04 Å². The topological polar surface area (TPSA) is 42.9 Å². The maximum Gasteiger partial charge on any atom is 0.191 e. The third-order valence-electron chi connectivity index (χ3n) is 5.12. The van der Waals surface area contributed by atoms with Crippen LogP contribution in [0, 0.1) is 5.92 Å². The fraction of sp³-hybridized carbons (Fsp3) is 0.667. The number of likely N-dealkylation sites (tertiary alicyclic amines) is 1. The van der Waals surface area contributed by atoms with Gasteiger partial charge in [-0.3, -0.25) is 4.99 Å². The van der Waals surface area contributed by atoms with E-state index in [1.807, 2.05) is 19.2 Å². The number of nitrogens with one attached hydrogen (secondary N) is 2. The lowest BCUT2D eigenvalue weighted by atomic mass is 10.0. The van der Waals surface area contributed by atoms with Crippen molar-refractivity contribution >= 4 is 41.5 Å². The van der Waals surface area contributed by atoms with E-state index < -0.39 is 0 Å². The van der Waals surface area contributed by atoms with E-state index in [-0.39, 0.29) is 30.0 Å². The highest BCUT2D eigenvalue weighted by Crippen LogP contribution is 2.20. The number of hydrogen-bond donors (Lipinski definition) is 2. The second-order valence-electron chi connectivity index (χ2n) is 8.10. The summed E-state index contributed by atoms with van der Waals surface area (Å²) in [7, 11) is 6.04. The highest BCUT2D eigenvalue weighted by molar-refractivity contribution is 14.0. The Kier molecular flexibility index (Phi) is 11.7. The molecule has 1 saturated heterocycles. The van der Waals surface area contributed by atoms with Crippen molar-refractivity contribution in [1.29, 1.82) is 0 Å². The molecule has 0 bridgehead atoms. The van der Waals surface area contributed by atoms with Crippen LogP contribution in [-0.2, 0) is 0 Å². The monoisotopic (exact) mass is 521 g/mol. The first-order valence-corrected chi connectivity index (χ1v) is 10.4. The Bertz CT molecular complexity index is 583. The number of likely N-dealkylation sites (N-methyl/N-ethyl adjacent to an activating group) is 1. The molecule has 1 aliphatic rings. The number of rotatable bonds is 7. The van der Waals surface area contributed by atoms with Gasteiger partial charge in [-0.2, -0.15) is 0 Å². The van der Waals surface area contributed by atoms with Crippen molar-refractivity contribution in [1.82, 2.24) is 20.4 Å². The van der Waals surface area contributed by atoms with Crippen LogP contribution in [0.25, 0.3) is 0 Å². The molecular weight excluding hydrogens is 485 g/mol. The average molecular weight is 522 g/mol. The Morgan fingerprint density at radius 2 is 1.82 bits per heavy atom. The summed E-state index contributed by atoms with van der Waals surface area (Å²) in [4.78, 5) is 9.22. The van der Waals surface area contributed by atoms with Crippen LogP contribution in [0.1, 0.15) is 38.3 Å². The molecule has 0 spiro atoms. The van der Waals surface area contributed by atoms with Crippen LogP contribution in [-0.4, -0.2) is 69.1 Å². The van der Waals surface area contributed by atoms with Gasteiger partial charge in [-0.1, -0.05) is 37.6 Å². The fourth-order valence-electron chi connectivity index (χ4n) is 3.64. The number of guanidine groups is 1. The summed E-state index contributed by atoms with van der Waals surface area (Å²) in [5.41, 5.74) is 1.24. The van der Waals surface area contributed by atoms with Crippen molar-refractivity contribution in [3.05, 3.63) is 34.9 Å². The number of benzene rings is 1. The highest BCUT2D eigenvalue weighted by Gasteiger charge is 2.21. The zero-order valence-electron chi connectivity index (χ0n) is 17.9. The SMILES string of the molecule is CN=C(NCC(c1ccc(Cl)cc1)N(C)C)NC1CCN(CC(C)C)CC1.I. The van der Waals surface area contributed by atoms with E-state index in [2.05, 4.69) is 65.5 Å². The summed E-state index contributed by atoms with van der Waals surface area (Å²) in [5.74, 6) is 1.62. The number of piperidine rings is 1. The van der Waals surface area contributed by atoms with E-state index in [1.165, 1.54) is 24.9 Å². The quantitative estimate of drug-likeness (QED) is 0.325. The van der Waals surface area contributed by atoms with Gasteiger partial charge in [0.2, 0.25) is 0 Å². The van der Waals surface area contributed by atoms with Crippen LogP contribution >= 0.6 is 35.6 Å². The standard InChI is InChI=1S/C21H36ClN5.HI/c1-16(2)15-27-12-10-19(11-13-27)25-21(23-3)24-14-20(26(4)5)17-6-8-18(22)9-7-17;/h6-9,16,19-20H,10-15H2,1-5H3,(H2,23,24,25);1H. The molecule has 2 rings (SSSR count). The Balaban J connectivity index is 0.00000392. The summed E-state index contributed by atoms with van der Waals surface area (Å²) in [5, 5.41) is 7.88. The molecule has 0 aliphatic carbocycles. The van der Waals surface area contributed by atoms with Crippen molar-refractivity contribution in [2.45, 2.75) is 38.8 Å². The summed E-state index contributed by atoms with van der Waals surface area (Å²) < 4.78 is 0. The zero-order chi connectivity index (χ0) is 19.8. The van der Waals surface area contributed by atoms with Gasteiger partial charge in [0.15, 0.2) is 5.96 Å². The van der Waals surface area contributed by atoms with Crippen LogP contribution in [0.15, 0.2) is 29.3 Å². The molecule has 28 heavy (non-hydrogen) atoms. The highest BCUT2D eigenvalue weighted by atomic mass is 127. The van der Waals surface area contributed by atoms with Crippen LogP contribution < -0.4 is 10.6 Å². The Morgan fingerprint density at radius 1 is 1.21 bits per heavy atom. The van der Waals surface area contributed by atoms with Gasteiger partial charge in [0.05, 0.1) is 6.04 Å². The second kappa shape index (κ2) is 12.9. The fourth-order valence-corrected chi connectivity index (χ4v) is 3.77. The van der Waals surface area contributed by atoms with Gasteiger partial charge < -0.3 is 20.4 Å². The van der Waals surface area contributed by atoms with E-state index in [9.17, 15) is 0 Å². The Labute approximate surface area is 193 Å². The molecule has 7 heteroatoms. The number of nitrogens with zero attached hydrogens (tertiary/aromatic N) is 3. The van der Waals surface area contributed by atoms with Gasteiger partial charge in [0, 0.05) is 44.3 Å². The first-order valence-electron chi connectivity index (χ1n) is 10.0. The minimum absolute atomic E-state index is 0. The first kappa shape index (κ1) is 25.5. The lowest BCUT2D eigenvalue weighted by molar-refractivity contribution is 0.186. The molecule has 1 aromatic rings. The molecule has 160 valence electrons. The van der Waals surface area contributed by atoms with Crippen molar-refractivity contribution in [2.75, 3.05) is 47.3 Å². The molecule has 0 aromatic heterocycles. The van der Waals surface area contributed by atoms with E-state index in [0.717, 1.165) is 36.5 Å². The molecule has 1 atom stereocenters. The van der Waals surface area contributed by atoms with Crippen LogP contribution in [0.3, 0.4) is 0 Å². The van der Waals surface area contributed by atoms with Gasteiger partial charge >= 0.3 is 0 Å². The molecule has 1 unspecified atom stereocenters. The van der Waals surface area contributed by atoms with Crippen LogP contribution in [0.2, 0.25) is 5.02 Å². The van der Waals surface area contributed by atoms with Gasteiger partial charge in [0.1, 0.15) is 0 Å². The molecule has 0 amide bonds. The number of hydrogen-bond acceptors (Lipinski definition) is 3. The van der Waals surface area contributed by atoms with Gasteiger partial charge in [-0.25, -0.2) is 0 Å². The smallest absolute Gasteiger partial charge is 0.191 e. The number of halogens is 2. The van der Waals surface area contributed by atoms with E-state index >= 15 is 0 Å². The predicted molar refractivity (Wildman–Crippen MR) is 132 cm³/mol. The number of aliphatic imine (C=N–C) groups is 1. The minimum Gasteiger partial charge on any atom is -0.354 e. The normalized spacial score (nSPS) is 17.5. The Hall–Kier alpha value is -0.570. The third-order valence-corrected chi connectivity index (χ3v) is 5.37. The van der Waals surface area contributed by atoms with Gasteiger partial charge in [0.25, 0.3) is 0 Å². The zero-order valence-corrected chi connectivity index (χ0v) is 21.0. The van der Waals surface area contributed by atoms with Crippen molar-refractivity contribution in [3.63, 3.8) is 0 Å². The van der Waals surface area contributed by atoms with Gasteiger partial charge in [-0.15, -0.1) is 24.0 Å². The molecule has 1 aromatic carbocycles. The minimum atomic E-state index is 0. The van der Waals surface area contributed by atoms with Crippen LogP contribution in [0.4, 0.5) is 0 Å². The molecular formula is C21H37ClIN5. The maximum absolute atomic E-state index is 6.03. The summed E-state index contributed by atoms with van der Waals surface area (Å²) in [6.45, 7) is 8.90. The summed E-state index contributed by atoms with van der Waals surface area (Å²) in [6.07, 6.45) is 2.34. The summed E-state index contributed by atoms with van der Waals surface area (Å²) in [6, 6.07) is 8.84. The van der Waals surface area contributed by atoms with E-state index in [4.69, 9.17) is 11.6 Å². The second-order valence-corrected chi connectivity index (χ2v) is 8.53.